The number of ether oxygens (including phenoxy) is 3. The second kappa shape index (κ2) is 16.7. The molecule has 2 atom stereocenters. The van der Waals surface area contributed by atoms with E-state index >= 15 is 0 Å². The first kappa shape index (κ1) is 39.4. The number of nitrogens with one attached hydrogen (secondary N) is 1. The smallest absolute Gasteiger partial charge is 0.406 e. The van der Waals surface area contributed by atoms with Gasteiger partial charge in [0, 0.05) is 49.1 Å². The fourth-order valence-corrected chi connectivity index (χ4v) is 7.50. The van der Waals surface area contributed by atoms with Gasteiger partial charge in [-0.05, 0) is 81.7 Å². The Labute approximate surface area is 300 Å². The van der Waals surface area contributed by atoms with Crippen LogP contribution in [-0.2, 0) is 4.43 Å². The average Bonchev–Trinajstić information content (AvgIpc) is 3.73. The van der Waals surface area contributed by atoms with E-state index in [0.29, 0.717) is 79.1 Å². The summed E-state index contributed by atoms with van der Waals surface area (Å²) in [6, 6.07) is 7.20. The van der Waals surface area contributed by atoms with Gasteiger partial charge in [-0.3, -0.25) is 9.59 Å². The number of hydrogen-bond donors (Lipinski definition) is 3. The molecule has 2 heterocycles. The van der Waals surface area contributed by atoms with Crippen LogP contribution in [0.25, 0.3) is 0 Å². The van der Waals surface area contributed by atoms with Crippen LogP contribution in [0.3, 0.4) is 0 Å². The van der Waals surface area contributed by atoms with Gasteiger partial charge in [0.1, 0.15) is 5.75 Å². The first-order chi connectivity index (χ1) is 23.6. The highest BCUT2D eigenvalue weighted by Crippen LogP contribution is 2.38. The lowest BCUT2D eigenvalue weighted by Crippen LogP contribution is -2.46. The molecule has 0 spiro atoms. The lowest BCUT2D eigenvalue weighted by atomic mass is 9.87. The molecule has 2 aromatic rings. The van der Waals surface area contributed by atoms with Crippen LogP contribution in [-0.4, -0.2) is 94.1 Å². The molecule has 2 aromatic carbocycles. The van der Waals surface area contributed by atoms with Gasteiger partial charge in [0.2, 0.25) is 0 Å². The maximum Gasteiger partial charge on any atom is 0.406 e. The van der Waals surface area contributed by atoms with E-state index in [9.17, 15) is 14.6 Å². The molecule has 2 amide bonds. The Morgan fingerprint density at radius 2 is 1.56 bits per heavy atom. The zero-order valence-electron chi connectivity index (χ0n) is 31.7. The Bertz CT molecular complexity index is 1500. The van der Waals surface area contributed by atoms with Crippen molar-refractivity contribution >= 4 is 38.6 Å². The predicted molar refractivity (Wildman–Crippen MR) is 203 cm³/mol. The van der Waals surface area contributed by atoms with Gasteiger partial charge in [0.25, 0.3) is 11.8 Å². The van der Waals surface area contributed by atoms with Gasteiger partial charge in [-0.15, -0.1) is 0 Å². The van der Waals surface area contributed by atoms with E-state index in [1.54, 1.807) is 32.1 Å². The number of likely N-dealkylation sites (tertiary alicyclic amines) is 2. The zero-order valence-corrected chi connectivity index (χ0v) is 32.7. The topological polar surface area (TPSA) is 136 Å². The third-order valence-corrected chi connectivity index (χ3v) is 15.0. The van der Waals surface area contributed by atoms with E-state index in [1.165, 1.54) is 0 Å². The molecule has 0 aliphatic carbocycles. The molecule has 2 saturated heterocycles. The molecule has 50 heavy (non-hydrogen) atoms. The summed E-state index contributed by atoms with van der Waals surface area (Å²) >= 11 is 0. The Kier molecular flexibility index (Phi) is 13.2. The molecule has 276 valence electrons. The fraction of sp³-hybridized carbons (Fsp3) is 0.622. The number of methoxy groups -OCH3 is 1. The van der Waals surface area contributed by atoms with Crippen LogP contribution in [0.5, 0.6) is 17.2 Å². The number of anilines is 2. The molecular formula is C37H59BN4O7Si. The van der Waals surface area contributed by atoms with Crippen molar-refractivity contribution in [3.63, 3.8) is 0 Å². The number of rotatable bonds is 15. The van der Waals surface area contributed by atoms with Crippen molar-refractivity contribution in [2.75, 3.05) is 51.0 Å². The molecule has 0 unspecified atom stereocenters. The number of benzene rings is 2. The maximum absolute atomic E-state index is 13.7. The maximum atomic E-state index is 13.7. The van der Waals surface area contributed by atoms with Crippen LogP contribution in [0.4, 0.5) is 11.4 Å². The third-order valence-electron chi connectivity index (χ3n) is 10.5. The van der Waals surface area contributed by atoms with Gasteiger partial charge in [0.05, 0.1) is 44.1 Å². The SMILES string of the molecule is CC[C@@H]1CCCN1C(=O)c1cc(OC)c(OCCCOc2cc(N)c(C(=O)N3CCC[C@H]3CO[Si](C)(C)C(C)(C)C)cc2C)cc1NB(C)O. The number of nitrogens with two attached hydrogens (primary N) is 1. The number of nitrogen functional groups attached to an aromatic ring is 1. The van der Waals surface area contributed by atoms with Crippen molar-refractivity contribution in [2.24, 2.45) is 0 Å². The zero-order chi connectivity index (χ0) is 36.8. The molecule has 2 fully saturated rings. The van der Waals surface area contributed by atoms with Crippen molar-refractivity contribution in [1.82, 2.24) is 9.80 Å². The monoisotopic (exact) mass is 710 g/mol. The second-order valence-corrected chi connectivity index (χ2v) is 20.0. The van der Waals surface area contributed by atoms with Gasteiger partial charge >= 0.3 is 7.05 Å². The first-order valence-corrected chi connectivity index (χ1v) is 21.1. The molecule has 0 aromatic heterocycles. The van der Waals surface area contributed by atoms with Crippen molar-refractivity contribution in [3.05, 3.63) is 41.0 Å². The molecule has 11 nitrogen and oxygen atoms in total. The van der Waals surface area contributed by atoms with E-state index in [-0.39, 0.29) is 28.9 Å². The van der Waals surface area contributed by atoms with E-state index in [1.807, 2.05) is 22.8 Å². The van der Waals surface area contributed by atoms with Gasteiger partial charge in [-0.1, -0.05) is 27.7 Å². The van der Waals surface area contributed by atoms with Crippen molar-refractivity contribution in [3.8, 4) is 17.2 Å². The molecule has 0 bridgehead atoms. The number of hydrogen-bond acceptors (Lipinski definition) is 9. The van der Waals surface area contributed by atoms with E-state index < -0.39 is 15.4 Å². The fourth-order valence-electron chi connectivity index (χ4n) is 6.46. The highest BCUT2D eigenvalue weighted by atomic mass is 28.4. The predicted octanol–water partition coefficient (Wildman–Crippen LogP) is 6.60. The molecule has 0 saturated carbocycles. The standard InChI is InChI=1S/C37H59BN4O7Si/c1-10-26-14-11-16-41(26)36(44)29-21-33(46-7)34(23-31(29)40-38(6)45)48-19-13-18-47-32-22-30(39)28(20-25(32)2)35(43)42-17-12-15-27(42)24-49-50(8,9)37(3,4)5/h20-23,26-27,40,45H,10-19,24,39H2,1-9H3/t26-,27+/m1/s1. The third kappa shape index (κ3) is 9.27. The number of aryl methyl sites for hydroxylation is 1. The highest BCUT2D eigenvalue weighted by molar-refractivity contribution is 6.74. The summed E-state index contributed by atoms with van der Waals surface area (Å²) in [6.45, 7) is 19.4. The summed E-state index contributed by atoms with van der Waals surface area (Å²) in [6.07, 6.45) is 5.29. The quantitative estimate of drug-likeness (QED) is 0.106. The molecule has 4 rings (SSSR count). The lowest BCUT2D eigenvalue weighted by molar-refractivity contribution is 0.0684. The molecule has 2 aliphatic rings. The van der Waals surface area contributed by atoms with Gasteiger partial charge < -0.3 is 44.4 Å². The van der Waals surface area contributed by atoms with Crippen LogP contribution in [0, 0.1) is 6.92 Å². The summed E-state index contributed by atoms with van der Waals surface area (Å²) in [5.74, 6) is 1.36. The molecule has 4 N–H and O–H groups in total. The number of nitrogens with zero attached hydrogens (tertiary/aromatic N) is 2. The second-order valence-electron chi connectivity index (χ2n) is 15.2. The minimum atomic E-state index is -1.93. The minimum Gasteiger partial charge on any atom is -0.493 e. The largest absolute Gasteiger partial charge is 0.493 e. The molecule has 13 heteroatoms. The minimum absolute atomic E-state index is 0.0416. The Morgan fingerprint density at radius 3 is 2.16 bits per heavy atom. The van der Waals surface area contributed by atoms with E-state index in [0.717, 1.165) is 37.7 Å². The average molecular weight is 711 g/mol. The Morgan fingerprint density at radius 1 is 0.960 bits per heavy atom. The number of carbonyl (C=O) groups is 2. The summed E-state index contributed by atoms with van der Waals surface area (Å²) in [7, 11) is -1.26. The van der Waals surface area contributed by atoms with Crippen molar-refractivity contribution in [1.29, 1.82) is 0 Å². The van der Waals surface area contributed by atoms with E-state index in [2.05, 4.69) is 46.0 Å². The van der Waals surface area contributed by atoms with Gasteiger partial charge in [-0.25, -0.2) is 0 Å². The molecular weight excluding hydrogens is 651 g/mol. The van der Waals surface area contributed by atoms with Crippen molar-refractivity contribution in [2.45, 2.75) is 110 Å². The normalized spacial score (nSPS) is 18.0. The molecule has 0 radical (unpaired) electrons. The van der Waals surface area contributed by atoms with Gasteiger partial charge in [-0.2, -0.15) is 0 Å². The number of carbonyl (C=O) groups excluding carboxylic acids is 2. The Hall–Kier alpha value is -3.42. The van der Waals surface area contributed by atoms with Crippen LogP contribution < -0.4 is 25.2 Å². The summed E-state index contributed by atoms with van der Waals surface area (Å²) in [5.41, 5.74) is 9.07. The van der Waals surface area contributed by atoms with Crippen molar-refractivity contribution < 1.29 is 33.2 Å². The number of amides is 2. The summed E-state index contributed by atoms with van der Waals surface area (Å²) in [5, 5.41) is 13.2. The van der Waals surface area contributed by atoms with E-state index in [4.69, 9.17) is 24.4 Å². The van der Waals surface area contributed by atoms with Crippen LogP contribution in [0.2, 0.25) is 25.0 Å². The summed E-state index contributed by atoms with van der Waals surface area (Å²) in [4.78, 5) is 31.1. The Balaban J connectivity index is 1.36. The first-order valence-electron chi connectivity index (χ1n) is 18.2. The van der Waals surface area contributed by atoms with Gasteiger partial charge in [0.15, 0.2) is 19.8 Å². The van der Waals surface area contributed by atoms with Crippen LogP contribution in [0.15, 0.2) is 24.3 Å². The molecule has 2 aliphatic heterocycles. The van der Waals surface area contributed by atoms with Crippen LogP contribution in [0.1, 0.15) is 92.5 Å². The summed E-state index contributed by atoms with van der Waals surface area (Å²) < 4.78 is 24.3. The highest BCUT2D eigenvalue weighted by Gasteiger charge is 2.39. The van der Waals surface area contributed by atoms with Crippen LogP contribution >= 0.6 is 0 Å². The lowest BCUT2D eigenvalue weighted by Gasteiger charge is -2.38.